The first-order valence-electron chi connectivity index (χ1n) is 18.3. The average molecular weight is 681 g/mol. The standard InChI is InChI=1S/C41H60O8/c1-28(2)14-9-15-29(3)16-10-17-30(4)18-11-19-31(5)26-27-33-32(6)40(48-38(46)24-12-22-36(42)43)34-20-7-8-21-35(34)41(33)49-39(47)25-13-23-37(44)45/h7-8,20-21,26,28-30H,9-19,22-25,27H2,1-6H3,(H,42,43)(H,44,45)/b31-26+/t29-,30-/m1/s1. The summed E-state index contributed by atoms with van der Waals surface area (Å²) in [4.78, 5) is 47.6. The molecule has 8 heteroatoms. The third-order valence-electron chi connectivity index (χ3n) is 9.25. The van der Waals surface area contributed by atoms with Crippen molar-refractivity contribution in [3.63, 3.8) is 0 Å². The van der Waals surface area contributed by atoms with Gasteiger partial charge >= 0.3 is 23.9 Å². The molecule has 0 aliphatic carbocycles. The highest BCUT2D eigenvalue weighted by atomic mass is 16.5. The lowest BCUT2D eigenvalue weighted by Gasteiger charge is -2.19. The summed E-state index contributed by atoms with van der Waals surface area (Å²) in [5.74, 6) is 0.0176. The SMILES string of the molecule is C/C(=C\Cc1c(C)c(OC(=O)CCCC(=O)O)c2ccccc2c1OC(=O)CCCC(=O)O)CCC[C@H](C)CCC[C@H](C)CCCC(C)C. The molecule has 2 aromatic rings. The molecule has 0 saturated heterocycles. The number of carboxylic acids is 2. The molecule has 2 N–H and O–H groups in total. The van der Waals surface area contributed by atoms with Gasteiger partial charge in [-0.3, -0.25) is 19.2 Å². The molecule has 8 nitrogen and oxygen atoms in total. The minimum Gasteiger partial charge on any atom is -0.481 e. The second-order valence-corrected chi connectivity index (χ2v) is 14.4. The van der Waals surface area contributed by atoms with Crippen molar-refractivity contribution in [2.75, 3.05) is 0 Å². The minimum absolute atomic E-state index is 0.0372. The van der Waals surface area contributed by atoms with E-state index in [-0.39, 0.29) is 38.5 Å². The van der Waals surface area contributed by atoms with E-state index in [1.165, 1.54) is 50.5 Å². The van der Waals surface area contributed by atoms with Crippen molar-refractivity contribution in [2.45, 2.75) is 144 Å². The van der Waals surface area contributed by atoms with E-state index in [0.717, 1.165) is 24.7 Å². The molecule has 0 amide bonds. The van der Waals surface area contributed by atoms with E-state index < -0.39 is 23.9 Å². The lowest BCUT2D eigenvalue weighted by atomic mass is 9.91. The van der Waals surface area contributed by atoms with Crippen LogP contribution in [0.1, 0.15) is 142 Å². The van der Waals surface area contributed by atoms with Gasteiger partial charge < -0.3 is 19.7 Å². The van der Waals surface area contributed by atoms with Crippen LogP contribution in [0, 0.1) is 24.7 Å². The first kappa shape index (κ1) is 41.5. The summed E-state index contributed by atoms with van der Waals surface area (Å²) < 4.78 is 11.8. The van der Waals surface area contributed by atoms with Crippen LogP contribution in [0.25, 0.3) is 10.8 Å². The van der Waals surface area contributed by atoms with Crippen molar-refractivity contribution >= 4 is 34.6 Å². The molecule has 0 aliphatic rings. The molecule has 0 aliphatic heterocycles. The van der Waals surface area contributed by atoms with Crippen LogP contribution in [0.15, 0.2) is 35.9 Å². The van der Waals surface area contributed by atoms with Gasteiger partial charge in [-0.25, -0.2) is 0 Å². The predicted molar refractivity (Wildman–Crippen MR) is 195 cm³/mol. The zero-order chi connectivity index (χ0) is 36.3. The number of carbonyl (C=O) groups excluding carboxylic acids is 2. The fraction of sp³-hybridized carbons (Fsp3) is 0.610. The predicted octanol–water partition coefficient (Wildman–Crippen LogP) is 10.4. The summed E-state index contributed by atoms with van der Waals surface area (Å²) in [6, 6.07) is 7.23. The Morgan fingerprint density at radius 3 is 1.63 bits per heavy atom. The van der Waals surface area contributed by atoms with Gasteiger partial charge in [0.2, 0.25) is 0 Å². The Kier molecular flexibility index (Phi) is 18.7. The lowest BCUT2D eigenvalue weighted by molar-refractivity contribution is -0.139. The maximum Gasteiger partial charge on any atom is 0.311 e. The van der Waals surface area contributed by atoms with Crippen molar-refractivity contribution in [2.24, 2.45) is 17.8 Å². The third-order valence-corrected chi connectivity index (χ3v) is 9.25. The Morgan fingerprint density at radius 1 is 0.653 bits per heavy atom. The summed E-state index contributed by atoms with van der Waals surface area (Å²) >= 11 is 0. The van der Waals surface area contributed by atoms with Crippen molar-refractivity contribution in [1.82, 2.24) is 0 Å². The van der Waals surface area contributed by atoms with Crippen LogP contribution in [0.3, 0.4) is 0 Å². The number of benzene rings is 2. The Labute approximate surface area is 293 Å². The number of aliphatic carboxylic acids is 2. The van der Waals surface area contributed by atoms with Gasteiger partial charge in [0.15, 0.2) is 0 Å². The normalized spacial score (nSPS) is 13.0. The van der Waals surface area contributed by atoms with Crippen LogP contribution >= 0.6 is 0 Å². The molecule has 0 saturated carbocycles. The van der Waals surface area contributed by atoms with Crippen molar-refractivity contribution < 1.29 is 38.9 Å². The first-order chi connectivity index (χ1) is 23.3. The number of ether oxygens (including phenoxy) is 2. The Morgan fingerprint density at radius 2 is 1.12 bits per heavy atom. The van der Waals surface area contributed by atoms with Gasteiger partial charge in [0.1, 0.15) is 11.5 Å². The van der Waals surface area contributed by atoms with Gasteiger partial charge in [0, 0.05) is 42.0 Å². The fourth-order valence-electron chi connectivity index (χ4n) is 6.23. The van der Waals surface area contributed by atoms with Crippen molar-refractivity contribution in [1.29, 1.82) is 0 Å². The quantitative estimate of drug-likeness (QED) is 0.0637. The smallest absolute Gasteiger partial charge is 0.311 e. The van der Waals surface area contributed by atoms with E-state index in [0.29, 0.717) is 45.7 Å². The molecule has 2 atom stereocenters. The molecule has 2 aromatic carbocycles. The minimum atomic E-state index is -0.972. The number of allylic oxidation sites excluding steroid dienone is 2. The maximum absolute atomic E-state index is 12.9. The Hall–Kier alpha value is -3.68. The highest BCUT2D eigenvalue weighted by Crippen LogP contribution is 2.42. The average Bonchev–Trinajstić information content (AvgIpc) is 3.02. The van der Waals surface area contributed by atoms with Crippen LogP contribution in [0.4, 0.5) is 0 Å². The van der Waals surface area contributed by atoms with Crippen molar-refractivity contribution in [3.05, 3.63) is 47.0 Å². The Bertz CT molecular complexity index is 1410. The number of hydrogen-bond donors (Lipinski definition) is 2. The number of carbonyl (C=O) groups is 4. The summed E-state index contributed by atoms with van der Waals surface area (Å²) in [6.45, 7) is 13.3. The van der Waals surface area contributed by atoms with Crippen LogP contribution in [-0.2, 0) is 25.6 Å². The van der Waals surface area contributed by atoms with Gasteiger partial charge in [-0.15, -0.1) is 0 Å². The first-order valence-corrected chi connectivity index (χ1v) is 18.3. The van der Waals surface area contributed by atoms with Gasteiger partial charge in [-0.2, -0.15) is 0 Å². The second-order valence-electron chi connectivity index (χ2n) is 14.4. The molecule has 0 radical (unpaired) electrons. The molecule has 0 heterocycles. The summed E-state index contributed by atoms with van der Waals surface area (Å²) in [5.41, 5.74) is 2.60. The van der Waals surface area contributed by atoms with E-state index >= 15 is 0 Å². The lowest BCUT2D eigenvalue weighted by Crippen LogP contribution is -2.14. The van der Waals surface area contributed by atoms with Crippen LogP contribution in [0.5, 0.6) is 11.5 Å². The van der Waals surface area contributed by atoms with E-state index in [2.05, 4.69) is 40.7 Å². The molecule has 0 unspecified atom stereocenters. The largest absolute Gasteiger partial charge is 0.481 e. The number of fused-ring (bicyclic) bond motifs is 1. The van der Waals surface area contributed by atoms with E-state index in [9.17, 15) is 19.2 Å². The zero-order valence-corrected chi connectivity index (χ0v) is 30.8. The van der Waals surface area contributed by atoms with Gasteiger partial charge in [0.25, 0.3) is 0 Å². The second kappa shape index (κ2) is 22.1. The fourth-order valence-corrected chi connectivity index (χ4v) is 6.23. The van der Waals surface area contributed by atoms with Gasteiger partial charge in [0.05, 0.1) is 0 Å². The van der Waals surface area contributed by atoms with E-state index in [1.54, 1.807) is 12.1 Å². The maximum atomic E-state index is 12.9. The molecule has 49 heavy (non-hydrogen) atoms. The van der Waals surface area contributed by atoms with E-state index in [4.69, 9.17) is 19.7 Å². The van der Waals surface area contributed by atoms with Gasteiger partial charge in [-0.1, -0.05) is 109 Å². The Balaban J connectivity index is 2.17. The van der Waals surface area contributed by atoms with E-state index in [1.807, 2.05) is 19.1 Å². The number of rotatable bonds is 24. The molecular weight excluding hydrogens is 620 g/mol. The highest BCUT2D eigenvalue weighted by molar-refractivity contribution is 5.98. The molecule has 0 fully saturated rings. The molecule has 0 aromatic heterocycles. The molecule has 272 valence electrons. The molecule has 0 spiro atoms. The van der Waals surface area contributed by atoms with Crippen LogP contribution in [-0.4, -0.2) is 34.1 Å². The number of esters is 2. The summed E-state index contributed by atoms with van der Waals surface area (Å²) in [6.07, 6.45) is 13.6. The summed E-state index contributed by atoms with van der Waals surface area (Å²) in [5, 5.41) is 19.2. The zero-order valence-electron chi connectivity index (χ0n) is 30.8. The number of hydrogen-bond acceptors (Lipinski definition) is 6. The van der Waals surface area contributed by atoms with Crippen LogP contribution < -0.4 is 9.47 Å². The number of carboxylic acid groups (broad SMARTS) is 2. The third kappa shape index (κ3) is 16.1. The molecule has 0 bridgehead atoms. The topological polar surface area (TPSA) is 127 Å². The van der Waals surface area contributed by atoms with Crippen LogP contribution in [0.2, 0.25) is 0 Å². The molecular formula is C41H60O8. The summed E-state index contributed by atoms with van der Waals surface area (Å²) in [7, 11) is 0. The molecule has 2 rings (SSSR count). The monoisotopic (exact) mass is 680 g/mol. The highest BCUT2D eigenvalue weighted by Gasteiger charge is 2.22. The van der Waals surface area contributed by atoms with Crippen molar-refractivity contribution in [3.8, 4) is 11.5 Å². The van der Waals surface area contributed by atoms with Gasteiger partial charge in [-0.05, 0) is 69.3 Å².